The third-order valence-corrected chi connectivity index (χ3v) is 7.73. The normalized spacial score (nSPS) is 11.7. The first-order valence-electron chi connectivity index (χ1n) is 10.5. The van der Waals surface area contributed by atoms with Gasteiger partial charge in [0.25, 0.3) is 0 Å². The van der Waals surface area contributed by atoms with Crippen molar-refractivity contribution < 1.29 is 17.8 Å². The first-order chi connectivity index (χ1) is 13.1. The standard InChI is InChI=1S/C21H41N2O3Si/c1-6-8-10-12-16-23(17-13-11-9-7-2)21-14-18-22(19-15-21)20-27(24-3,25-4)26-5/h14-15,18-19H,6-13,16-17,20H2,1-5H3/q+1. The van der Waals surface area contributed by atoms with Crippen LogP contribution in [0.3, 0.4) is 0 Å². The van der Waals surface area contributed by atoms with Crippen molar-refractivity contribution in [2.75, 3.05) is 39.3 Å². The van der Waals surface area contributed by atoms with E-state index in [0.717, 1.165) is 13.1 Å². The summed E-state index contributed by atoms with van der Waals surface area (Å²) in [7, 11) is 2.35. The van der Waals surface area contributed by atoms with E-state index in [0.29, 0.717) is 6.17 Å². The zero-order chi connectivity index (χ0) is 20.0. The largest absolute Gasteiger partial charge is 0.569 e. The van der Waals surface area contributed by atoms with Crippen molar-refractivity contribution in [3.8, 4) is 0 Å². The zero-order valence-corrected chi connectivity index (χ0v) is 19.2. The maximum Gasteiger partial charge on any atom is 0.569 e. The minimum atomic E-state index is -2.61. The van der Waals surface area contributed by atoms with Crippen LogP contribution < -0.4 is 9.47 Å². The number of hydrogen-bond donors (Lipinski definition) is 0. The van der Waals surface area contributed by atoms with E-state index in [1.54, 1.807) is 21.3 Å². The van der Waals surface area contributed by atoms with Gasteiger partial charge in [0.1, 0.15) is 0 Å². The summed E-state index contributed by atoms with van der Waals surface area (Å²) in [5.41, 5.74) is 1.30. The molecule has 1 heterocycles. The lowest BCUT2D eigenvalue weighted by Gasteiger charge is -2.25. The van der Waals surface area contributed by atoms with Crippen LogP contribution in [0.2, 0.25) is 0 Å². The van der Waals surface area contributed by atoms with E-state index in [2.05, 4.69) is 47.8 Å². The van der Waals surface area contributed by atoms with Gasteiger partial charge < -0.3 is 18.2 Å². The van der Waals surface area contributed by atoms with Gasteiger partial charge in [0.15, 0.2) is 12.4 Å². The van der Waals surface area contributed by atoms with Crippen LogP contribution >= 0.6 is 0 Å². The number of pyridine rings is 1. The molecule has 0 spiro atoms. The Labute approximate surface area is 168 Å². The second kappa shape index (κ2) is 14.1. The number of hydrogen-bond acceptors (Lipinski definition) is 4. The molecule has 156 valence electrons. The Morgan fingerprint density at radius 3 is 1.67 bits per heavy atom. The van der Waals surface area contributed by atoms with Crippen LogP contribution in [-0.4, -0.2) is 43.2 Å². The minimum Gasteiger partial charge on any atom is -0.373 e. The minimum absolute atomic E-state index is 0.615. The number of aromatic nitrogens is 1. The Morgan fingerprint density at radius 1 is 0.778 bits per heavy atom. The molecule has 0 saturated heterocycles. The van der Waals surface area contributed by atoms with E-state index in [1.807, 2.05) is 0 Å². The summed E-state index contributed by atoms with van der Waals surface area (Å²) in [5.74, 6) is 0. The fourth-order valence-electron chi connectivity index (χ4n) is 3.26. The molecule has 27 heavy (non-hydrogen) atoms. The molecule has 0 aliphatic rings. The second-order valence-electron chi connectivity index (χ2n) is 7.13. The van der Waals surface area contributed by atoms with Crippen LogP contribution in [0.1, 0.15) is 65.2 Å². The molecular formula is C21H41N2O3Si+. The Bertz CT molecular complexity index is 461. The lowest BCUT2D eigenvalue weighted by Crippen LogP contribution is -2.56. The second-order valence-corrected chi connectivity index (χ2v) is 10.0. The maximum atomic E-state index is 5.53. The average molecular weight is 398 g/mol. The number of unbranched alkanes of at least 4 members (excludes halogenated alkanes) is 6. The lowest BCUT2D eigenvalue weighted by molar-refractivity contribution is -0.685. The monoisotopic (exact) mass is 397 g/mol. The van der Waals surface area contributed by atoms with Crippen LogP contribution in [0.15, 0.2) is 24.5 Å². The molecule has 0 saturated carbocycles. The first-order valence-corrected chi connectivity index (χ1v) is 12.5. The number of anilines is 1. The fraction of sp³-hybridized carbons (Fsp3) is 0.762. The highest BCUT2D eigenvalue weighted by Crippen LogP contribution is 2.16. The van der Waals surface area contributed by atoms with Crippen molar-refractivity contribution in [3.05, 3.63) is 24.5 Å². The molecule has 0 N–H and O–H groups in total. The van der Waals surface area contributed by atoms with Crippen molar-refractivity contribution in [2.24, 2.45) is 0 Å². The van der Waals surface area contributed by atoms with Crippen LogP contribution in [0, 0.1) is 0 Å². The summed E-state index contributed by atoms with van der Waals surface area (Å²) in [4.78, 5) is 2.54. The van der Waals surface area contributed by atoms with Gasteiger partial charge in [-0.15, -0.1) is 0 Å². The van der Waals surface area contributed by atoms with E-state index < -0.39 is 8.80 Å². The first kappa shape index (κ1) is 24.1. The number of nitrogens with zero attached hydrogens (tertiary/aromatic N) is 2. The zero-order valence-electron chi connectivity index (χ0n) is 18.2. The average Bonchev–Trinajstić information content (AvgIpc) is 2.71. The van der Waals surface area contributed by atoms with Gasteiger partial charge in [0.05, 0.1) is 0 Å². The molecule has 0 bridgehead atoms. The quantitative estimate of drug-likeness (QED) is 0.236. The number of rotatable bonds is 16. The van der Waals surface area contributed by atoms with Crippen molar-refractivity contribution in [2.45, 2.75) is 71.4 Å². The van der Waals surface area contributed by atoms with E-state index >= 15 is 0 Å². The highest BCUT2D eigenvalue weighted by molar-refractivity contribution is 6.58. The summed E-state index contributed by atoms with van der Waals surface area (Å²) in [6, 6.07) is 4.42. The van der Waals surface area contributed by atoms with Gasteiger partial charge in [-0.1, -0.05) is 52.4 Å². The van der Waals surface area contributed by atoms with Crippen LogP contribution in [0.4, 0.5) is 5.69 Å². The summed E-state index contributed by atoms with van der Waals surface area (Å²) in [5, 5.41) is 0. The molecule has 5 nitrogen and oxygen atoms in total. The summed E-state index contributed by atoms with van der Waals surface area (Å²) >= 11 is 0. The Kier molecular flexibility index (Phi) is 12.6. The third-order valence-electron chi connectivity index (χ3n) is 5.11. The van der Waals surface area contributed by atoms with Crippen LogP contribution in [0.5, 0.6) is 0 Å². The van der Waals surface area contributed by atoms with Crippen molar-refractivity contribution in [1.29, 1.82) is 0 Å². The van der Waals surface area contributed by atoms with E-state index in [9.17, 15) is 0 Å². The molecule has 1 aromatic heterocycles. The Hall–Kier alpha value is -0.953. The molecule has 0 aliphatic carbocycles. The predicted octanol–water partition coefficient (Wildman–Crippen LogP) is 4.36. The van der Waals surface area contributed by atoms with Gasteiger partial charge in [-0.3, -0.25) is 0 Å². The maximum absolute atomic E-state index is 5.53. The van der Waals surface area contributed by atoms with Gasteiger partial charge >= 0.3 is 8.80 Å². The van der Waals surface area contributed by atoms with Crippen molar-refractivity contribution in [1.82, 2.24) is 0 Å². The summed E-state index contributed by atoms with van der Waals surface area (Å²) < 4.78 is 18.7. The summed E-state index contributed by atoms with van der Waals surface area (Å²) in [6.45, 7) is 6.82. The molecule has 1 aromatic rings. The highest BCUT2D eigenvalue weighted by Gasteiger charge is 2.43. The SMILES string of the molecule is CCCCCCN(CCCCCC)c1cc[n+](C[Si](OC)(OC)OC)cc1. The molecule has 0 unspecified atom stereocenters. The molecule has 6 heteroatoms. The molecule has 1 rings (SSSR count). The van der Waals surface area contributed by atoms with E-state index in [4.69, 9.17) is 13.3 Å². The molecule has 0 radical (unpaired) electrons. The van der Waals surface area contributed by atoms with Crippen LogP contribution in [-0.2, 0) is 19.4 Å². The smallest absolute Gasteiger partial charge is 0.373 e. The highest BCUT2D eigenvalue weighted by atomic mass is 28.4. The van der Waals surface area contributed by atoms with Gasteiger partial charge in [-0.2, -0.15) is 4.57 Å². The molecule has 0 fully saturated rings. The fourth-order valence-corrected chi connectivity index (χ4v) is 4.81. The van der Waals surface area contributed by atoms with E-state index in [1.165, 1.54) is 57.1 Å². The topological polar surface area (TPSA) is 34.8 Å². The van der Waals surface area contributed by atoms with Gasteiger partial charge in [-0.05, 0) is 12.8 Å². The lowest BCUT2D eigenvalue weighted by atomic mass is 10.1. The van der Waals surface area contributed by atoms with Gasteiger partial charge in [-0.25, -0.2) is 0 Å². The van der Waals surface area contributed by atoms with E-state index in [-0.39, 0.29) is 0 Å². The third kappa shape index (κ3) is 8.73. The molecule has 0 atom stereocenters. The Balaban J connectivity index is 2.73. The van der Waals surface area contributed by atoms with Crippen molar-refractivity contribution in [3.63, 3.8) is 0 Å². The summed E-state index contributed by atoms with van der Waals surface area (Å²) in [6.07, 6.45) is 15.2. The van der Waals surface area contributed by atoms with Gasteiger partial charge in [0.2, 0.25) is 6.17 Å². The van der Waals surface area contributed by atoms with Crippen LogP contribution in [0.25, 0.3) is 0 Å². The van der Waals surface area contributed by atoms with Gasteiger partial charge in [0, 0.05) is 52.2 Å². The molecule has 0 aromatic carbocycles. The Morgan fingerprint density at radius 2 is 1.26 bits per heavy atom. The molecule has 0 amide bonds. The van der Waals surface area contributed by atoms with Crippen molar-refractivity contribution >= 4 is 14.5 Å². The molecular weight excluding hydrogens is 356 g/mol. The predicted molar refractivity (Wildman–Crippen MR) is 114 cm³/mol. The molecule has 0 aliphatic heterocycles.